The van der Waals surface area contributed by atoms with E-state index >= 15 is 0 Å². The number of aliphatic hydroxyl groups excluding tert-OH is 1. The van der Waals surface area contributed by atoms with Crippen LogP contribution in [0.1, 0.15) is 42.4 Å². The van der Waals surface area contributed by atoms with Crippen molar-refractivity contribution in [1.29, 1.82) is 0 Å². The van der Waals surface area contributed by atoms with E-state index in [1.165, 1.54) is 0 Å². The van der Waals surface area contributed by atoms with Crippen molar-refractivity contribution in [3.63, 3.8) is 0 Å². The van der Waals surface area contributed by atoms with Crippen molar-refractivity contribution in [2.24, 2.45) is 7.05 Å². The molecular weight excluding hydrogens is 268 g/mol. The maximum absolute atomic E-state index is 10.4. The molecule has 0 saturated heterocycles. The van der Waals surface area contributed by atoms with Gasteiger partial charge in [0.2, 0.25) is 0 Å². The topological polar surface area (TPSA) is 56.5 Å². The van der Waals surface area contributed by atoms with Gasteiger partial charge in [-0.25, -0.2) is 0 Å². The van der Waals surface area contributed by atoms with E-state index in [4.69, 9.17) is 9.47 Å². The molecule has 0 saturated carbocycles. The number of nitrogens with zero attached hydrogens (tertiary/aromatic N) is 2. The number of aromatic nitrogens is 2. The Labute approximate surface area is 124 Å². The third-order valence-electron chi connectivity index (χ3n) is 3.90. The van der Waals surface area contributed by atoms with E-state index < -0.39 is 6.10 Å². The number of aryl methyl sites for hydroxylation is 2. The van der Waals surface area contributed by atoms with Crippen LogP contribution in [0.4, 0.5) is 0 Å². The first-order valence-electron chi connectivity index (χ1n) is 7.17. The third-order valence-corrected chi connectivity index (χ3v) is 3.90. The number of hydrogen-bond donors (Lipinski definition) is 1. The molecule has 2 heterocycles. The molecule has 1 aliphatic heterocycles. The Hall–Kier alpha value is -2.01. The van der Waals surface area contributed by atoms with E-state index in [-0.39, 0.29) is 6.10 Å². The van der Waals surface area contributed by atoms with Crippen LogP contribution in [0.25, 0.3) is 0 Å². The van der Waals surface area contributed by atoms with Crippen LogP contribution in [0.3, 0.4) is 0 Å². The molecule has 0 bridgehead atoms. The molecule has 2 unspecified atom stereocenters. The quantitative estimate of drug-likeness (QED) is 0.943. The molecular formula is C16H20N2O3. The van der Waals surface area contributed by atoms with Gasteiger partial charge in [-0.1, -0.05) is 6.92 Å². The fraction of sp³-hybridized carbons (Fsp3) is 0.438. The molecule has 1 aromatic carbocycles. The van der Waals surface area contributed by atoms with Crippen LogP contribution in [0, 0.1) is 0 Å². The highest BCUT2D eigenvalue weighted by Gasteiger charge is 2.30. The monoisotopic (exact) mass is 288 g/mol. The van der Waals surface area contributed by atoms with Crippen LogP contribution >= 0.6 is 0 Å². The SMILES string of the molecule is CCc1nn(C)cc1C1CC(O)c2cc(OC)ccc2O1. The van der Waals surface area contributed by atoms with Gasteiger partial charge in [-0.2, -0.15) is 5.10 Å². The number of aliphatic hydroxyl groups is 1. The summed E-state index contributed by atoms with van der Waals surface area (Å²) in [5.74, 6) is 1.44. The zero-order valence-corrected chi connectivity index (χ0v) is 12.5. The summed E-state index contributed by atoms with van der Waals surface area (Å²) in [7, 11) is 3.52. The first kappa shape index (κ1) is 13.9. The predicted octanol–water partition coefficient (Wildman–Crippen LogP) is 2.55. The van der Waals surface area contributed by atoms with Crippen molar-refractivity contribution in [3.05, 3.63) is 41.2 Å². The van der Waals surface area contributed by atoms with Gasteiger partial charge in [0.15, 0.2) is 0 Å². The van der Waals surface area contributed by atoms with Gasteiger partial charge in [0.05, 0.1) is 18.9 Å². The Kier molecular flexibility index (Phi) is 3.59. The third kappa shape index (κ3) is 2.49. The molecule has 3 rings (SSSR count). The number of rotatable bonds is 3. The second-order valence-electron chi connectivity index (χ2n) is 5.32. The highest BCUT2D eigenvalue weighted by molar-refractivity contribution is 5.44. The smallest absolute Gasteiger partial charge is 0.130 e. The summed E-state index contributed by atoms with van der Waals surface area (Å²) in [6, 6.07) is 5.53. The second-order valence-corrected chi connectivity index (χ2v) is 5.32. The molecule has 1 N–H and O–H groups in total. The predicted molar refractivity (Wildman–Crippen MR) is 78.5 cm³/mol. The fourth-order valence-electron chi connectivity index (χ4n) is 2.84. The van der Waals surface area contributed by atoms with E-state index in [2.05, 4.69) is 12.0 Å². The van der Waals surface area contributed by atoms with Crippen molar-refractivity contribution in [2.75, 3.05) is 7.11 Å². The second kappa shape index (κ2) is 5.41. The summed E-state index contributed by atoms with van der Waals surface area (Å²) < 4.78 is 13.1. The summed E-state index contributed by atoms with van der Waals surface area (Å²) in [6.07, 6.45) is 2.63. The van der Waals surface area contributed by atoms with E-state index in [0.717, 1.165) is 29.0 Å². The number of ether oxygens (including phenoxy) is 2. The van der Waals surface area contributed by atoms with Gasteiger partial charge in [0.25, 0.3) is 0 Å². The molecule has 2 aromatic rings. The van der Waals surface area contributed by atoms with Crippen molar-refractivity contribution in [1.82, 2.24) is 9.78 Å². The summed E-state index contributed by atoms with van der Waals surface area (Å²) in [4.78, 5) is 0. The van der Waals surface area contributed by atoms with Crippen molar-refractivity contribution in [2.45, 2.75) is 32.0 Å². The molecule has 0 fully saturated rings. The number of fused-ring (bicyclic) bond motifs is 1. The highest BCUT2D eigenvalue weighted by atomic mass is 16.5. The summed E-state index contributed by atoms with van der Waals surface area (Å²) in [5.41, 5.74) is 2.86. The average molecular weight is 288 g/mol. The Balaban J connectivity index is 1.94. The maximum atomic E-state index is 10.4. The molecule has 0 radical (unpaired) electrons. The Bertz CT molecular complexity index is 651. The zero-order chi connectivity index (χ0) is 15.0. The summed E-state index contributed by atoms with van der Waals surface area (Å²) in [5, 5.41) is 14.9. The number of methoxy groups -OCH3 is 1. The Morgan fingerprint density at radius 1 is 1.43 bits per heavy atom. The average Bonchev–Trinajstić information content (AvgIpc) is 2.88. The van der Waals surface area contributed by atoms with E-state index in [1.54, 1.807) is 11.8 Å². The van der Waals surface area contributed by atoms with Crippen molar-refractivity contribution in [3.8, 4) is 11.5 Å². The molecule has 21 heavy (non-hydrogen) atoms. The van der Waals surface area contributed by atoms with Crippen LogP contribution in [0.2, 0.25) is 0 Å². The standard InChI is InChI=1S/C16H20N2O3/c1-4-13-12(9-18(2)17-13)16-8-14(19)11-7-10(20-3)5-6-15(11)21-16/h5-7,9,14,16,19H,4,8H2,1-3H3. The lowest BCUT2D eigenvalue weighted by Crippen LogP contribution is -2.19. The molecule has 112 valence electrons. The lowest BCUT2D eigenvalue weighted by atomic mass is 9.94. The molecule has 0 aliphatic carbocycles. The van der Waals surface area contributed by atoms with E-state index in [1.807, 2.05) is 31.4 Å². The minimum Gasteiger partial charge on any atom is -0.497 e. The van der Waals surface area contributed by atoms with Gasteiger partial charge in [-0.15, -0.1) is 0 Å². The minimum absolute atomic E-state index is 0.162. The van der Waals surface area contributed by atoms with Crippen LogP contribution < -0.4 is 9.47 Å². The summed E-state index contributed by atoms with van der Waals surface area (Å²) >= 11 is 0. The van der Waals surface area contributed by atoms with Crippen LogP contribution in [0.15, 0.2) is 24.4 Å². The van der Waals surface area contributed by atoms with Gasteiger partial charge in [0.1, 0.15) is 17.6 Å². The highest BCUT2D eigenvalue weighted by Crippen LogP contribution is 2.42. The van der Waals surface area contributed by atoms with Gasteiger partial charge >= 0.3 is 0 Å². The minimum atomic E-state index is -0.557. The van der Waals surface area contributed by atoms with Gasteiger partial charge in [-0.05, 0) is 24.6 Å². The first-order valence-corrected chi connectivity index (χ1v) is 7.17. The molecule has 5 heteroatoms. The summed E-state index contributed by atoms with van der Waals surface area (Å²) in [6.45, 7) is 2.07. The maximum Gasteiger partial charge on any atom is 0.130 e. The van der Waals surface area contributed by atoms with Crippen LogP contribution in [0.5, 0.6) is 11.5 Å². The normalized spacial score (nSPS) is 20.8. The number of benzene rings is 1. The van der Waals surface area contributed by atoms with Crippen molar-refractivity contribution >= 4 is 0 Å². The molecule has 5 nitrogen and oxygen atoms in total. The first-order chi connectivity index (χ1) is 10.1. The van der Waals surface area contributed by atoms with Crippen LogP contribution in [-0.2, 0) is 13.5 Å². The van der Waals surface area contributed by atoms with Gasteiger partial charge in [-0.3, -0.25) is 4.68 Å². The van der Waals surface area contributed by atoms with E-state index in [0.29, 0.717) is 12.2 Å². The molecule has 1 aliphatic rings. The van der Waals surface area contributed by atoms with Crippen molar-refractivity contribution < 1.29 is 14.6 Å². The van der Waals surface area contributed by atoms with Gasteiger partial charge in [0, 0.05) is 30.8 Å². The molecule has 0 amide bonds. The number of hydrogen-bond acceptors (Lipinski definition) is 4. The molecule has 0 spiro atoms. The fourth-order valence-corrected chi connectivity index (χ4v) is 2.84. The Morgan fingerprint density at radius 2 is 2.24 bits per heavy atom. The Morgan fingerprint density at radius 3 is 2.95 bits per heavy atom. The lowest BCUT2D eigenvalue weighted by Gasteiger charge is -2.29. The molecule has 1 aromatic heterocycles. The zero-order valence-electron chi connectivity index (χ0n) is 12.5. The van der Waals surface area contributed by atoms with Gasteiger partial charge < -0.3 is 14.6 Å². The van der Waals surface area contributed by atoms with E-state index in [9.17, 15) is 5.11 Å². The lowest BCUT2D eigenvalue weighted by molar-refractivity contribution is 0.0650. The molecule has 2 atom stereocenters. The van der Waals surface area contributed by atoms with Crippen LogP contribution in [-0.4, -0.2) is 22.0 Å². The largest absolute Gasteiger partial charge is 0.497 e.